The summed E-state index contributed by atoms with van der Waals surface area (Å²) in [5.41, 5.74) is 4.90. The van der Waals surface area contributed by atoms with Gasteiger partial charge in [-0.1, -0.05) is 12.1 Å². The van der Waals surface area contributed by atoms with E-state index >= 15 is 0 Å². The number of ether oxygens (including phenoxy) is 1. The van der Waals surface area contributed by atoms with Crippen molar-refractivity contribution in [1.82, 2.24) is 4.98 Å². The number of methoxy groups -OCH3 is 1. The van der Waals surface area contributed by atoms with Crippen molar-refractivity contribution >= 4 is 54.6 Å². The van der Waals surface area contributed by atoms with Crippen LogP contribution in [0.5, 0.6) is 5.75 Å². The number of sulfonamides is 1. The lowest BCUT2D eigenvalue weighted by Crippen LogP contribution is -2.09. The summed E-state index contributed by atoms with van der Waals surface area (Å²) in [5.74, 6) is 0.424. The van der Waals surface area contributed by atoms with Crippen molar-refractivity contribution in [2.75, 3.05) is 23.4 Å². The van der Waals surface area contributed by atoms with Crippen molar-refractivity contribution in [2.24, 2.45) is 0 Å². The van der Waals surface area contributed by atoms with Crippen LogP contribution in [0, 0.1) is 24.0 Å². The fourth-order valence-electron chi connectivity index (χ4n) is 3.69. The number of hydrogen-bond acceptors (Lipinski definition) is 7. The highest BCUT2D eigenvalue weighted by Gasteiger charge is 2.17. The molecule has 1 aromatic heterocycles. The number of pyridine rings is 1. The quantitative estimate of drug-likeness (QED) is 0.232. The van der Waals surface area contributed by atoms with E-state index in [1.165, 1.54) is 19.2 Å². The van der Waals surface area contributed by atoms with Crippen molar-refractivity contribution in [3.8, 4) is 5.75 Å². The Bertz CT molecular complexity index is 1530. The maximum absolute atomic E-state index is 11.6. The molecule has 0 saturated heterocycles. The number of non-ortho nitro benzene ring substituents is 1. The van der Waals surface area contributed by atoms with Gasteiger partial charge in [0, 0.05) is 29.0 Å². The third-order valence-electron chi connectivity index (χ3n) is 5.43. The van der Waals surface area contributed by atoms with Crippen molar-refractivity contribution in [3.05, 3.63) is 69.8 Å². The highest BCUT2D eigenvalue weighted by atomic mass is 32.2. The molecule has 0 saturated carbocycles. The third-order valence-corrected chi connectivity index (χ3v) is 6.04. The van der Waals surface area contributed by atoms with E-state index in [2.05, 4.69) is 10.0 Å². The zero-order chi connectivity index (χ0) is 23.9. The van der Waals surface area contributed by atoms with Crippen LogP contribution in [-0.2, 0) is 10.0 Å². The lowest BCUT2D eigenvalue weighted by atomic mass is 10.0. The average molecular weight is 467 g/mol. The summed E-state index contributed by atoms with van der Waals surface area (Å²) in [5, 5.41) is 16.3. The number of nitro groups is 1. The number of nitro benzene ring substituents is 1. The van der Waals surface area contributed by atoms with Crippen LogP contribution in [-0.4, -0.2) is 31.7 Å². The molecular formula is C23H22N4O5S. The Morgan fingerprint density at radius 3 is 2.42 bits per heavy atom. The standard InChI is InChI=1S/C23H22N4O5S/c1-13-5-8-18-22(14(13)2)25-20-12-16(27(28)29)7-9-17(20)23(18)24-19-10-6-15(11-21(19)32-3)26-33(4,30)31/h5-12,26H,1-4H3,(H,24,25). The summed E-state index contributed by atoms with van der Waals surface area (Å²) >= 11 is 0. The van der Waals surface area contributed by atoms with Crippen molar-refractivity contribution in [2.45, 2.75) is 13.8 Å². The summed E-state index contributed by atoms with van der Waals surface area (Å²) in [6.07, 6.45) is 1.07. The molecule has 0 bridgehead atoms. The molecule has 0 aliphatic heterocycles. The topological polar surface area (TPSA) is 123 Å². The number of fused-ring (bicyclic) bond motifs is 2. The molecule has 4 aromatic rings. The maximum Gasteiger partial charge on any atom is 0.271 e. The molecule has 0 fully saturated rings. The van der Waals surface area contributed by atoms with Crippen LogP contribution in [0.15, 0.2) is 48.5 Å². The molecule has 0 unspecified atom stereocenters. The van der Waals surface area contributed by atoms with E-state index in [9.17, 15) is 18.5 Å². The van der Waals surface area contributed by atoms with E-state index in [1.807, 2.05) is 26.0 Å². The zero-order valence-electron chi connectivity index (χ0n) is 18.5. The molecule has 9 nitrogen and oxygen atoms in total. The maximum atomic E-state index is 11.6. The lowest BCUT2D eigenvalue weighted by molar-refractivity contribution is -0.384. The number of aromatic nitrogens is 1. The highest BCUT2D eigenvalue weighted by Crippen LogP contribution is 2.39. The molecular weight excluding hydrogens is 444 g/mol. The van der Waals surface area contributed by atoms with Gasteiger partial charge in [-0.2, -0.15) is 0 Å². The van der Waals surface area contributed by atoms with Gasteiger partial charge in [0.25, 0.3) is 5.69 Å². The minimum Gasteiger partial charge on any atom is -0.494 e. The number of anilines is 3. The third kappa shape index (κ3) is 4.37. The molecule has 0 radical (unpaired) electrons. The number of nitrogens with one attached hydrogen (secondary N) is 2. The Kier molecular flexibility index (Phi) is 5.54. The Hall–Kier alpha value is -3.92. The Morgan fingerprint density at radius 2 is 1.76 bits per heavy atom. The van der Waals surface area contributed by atoms with Crippen molar-refractivity contribution in [3.63, 3.8) is 0 Å². The molecule has 0 atom stereocenters. The molecule has 2 N–H and O–H groups in total. The van der Waals surface area contributed by atoms with Gasteiger partial charge in [-0.15, -0.1) is 0 Å². The van der Waals surface area contributed by atoms with E-state index in [0.717, 1.165) is 34.0 Å². The van der Waals surface area contributed by atoms with Crippen LogP contribution in [0.3, 0.4) is 0 Å². The second-order valence-electron chi connectivity index (χ2n) is 7.76. The normalized spacial score (nSPS) is 11.5. The van der Waals surface area contributed by atoms with Gasteiger partial charge in [-0.25, -0.2) is 13.4 Å². The largest absolute Gasteiger partial charge is 0.494 e. The first-order valence-electron chi connectivity index (χ1n) is 9.98. The van der Waals surface area contributed by atoms with Gasteiger partial charge >= 0.3 is 0 Å². The first-order valence-corrected chi connectivity index (χ1v) is 11.9. The van der Waals surface area contributed by atoms with Crippen LogP contribution < -0.4 is 14.8 Å². The average Bonchev–Trinajstić information content (AvgIpc) is 2.75. The second-order valence-corrected chi connectivity index (χ2v) is 9.51. The van der Waals surface area contributed by atoms with Gasteiger partial charge < -0.3 is 10.1 Å². The summed E-state index contributed by atoms with van der Waals surface area (Å²) < 4.78 is 31.1. The smallest absolute Gasteiger partial charge is 0.271 e. The number of aryl methyl sites for hydroxylation is 2. The van der Waals surface area contributed by atoms with Crippen LogP contribution in [0.1, 0.15) is 11.1 Å². The number of benzene rings is 3. The van der Waals surface area contributed by atoms with E-state index in [0.29, 0.717) is 28.0 Å². The first-order chi connectivity index (χ1) is 15.6. The lowest BCUT2D eigenvalue weighted by Gasteiger charge is -2.17. The SMILES string of the molecule is COc1cc(NS(C)(=O)=O)ccc1Nc1c2ccc([N+](=O)[O-])cc2nc2c(C)c(C)ccc12. The molecule has 0 aliphatic carbocycles. The van der Waals surface area contributed by atoms with Gasteiger partial charge in [0.2, 0.25) is 10.0 Å². The molecule has 3 aromatic carbocycles. The molecule has 0 spiro atoms. The predicted molar refractivity (Wildman–Crippen MR) is 130 cm³/mol. The summed E-state index contributed by atoms with van der Waals surface area (Å²) in [6.45, 7) is 3.95. The number of nitrogens with zero attached hydrogens (tertiary/aromatic N) is 2. The Balaban J connectivity index is 1.94. The van der Waals surface area contributed by atoms with Crippen LogP contribution in [0.2, 0.25) is 0 Å². The van der Waals surface area contributed by atoms with Gasteiger partial charge in [-0.05, 0) is 43.2 Å². The van der Waals surface area contributed by atoms with Crippen molar-refractivity contribution in [1.29, 1.82) is 0 Å². The van der Waals surface area contributed by atoms with E-state index in [4.69, 9.17) is 9.72 Å². The fraction of sp³-hybridized carbons (Fsp3) is 0.174. The van der Waals surface area contributed by atoms with E-state index in [-0.39, 0.29) is 5.69 Å². The minimum atomic E-state index is -3.44. The number of rotatable bonds is 6. The second kappa shape index (κ2) is 8.21. The molecule has 0 amide bonds. The molecule has 0 aliphatic rings. The van der Waals surface area contributed by atoms with Crippen LogP contribution in [0.25, 0.3) is 21.8 Å². The highest BCUT2D eigenvalue weighted by molar-refractivity contribution is 7.92. The molecule has 1 heterocycles. The molecule has 4 rings (SSSR count). The van der Waals surface area contributed by atoms with E-state index < -0.39 is 14.9 Å². The van der Waals surface area contributed by atoms with Crippen molar-refractivity contribution < 1.29 is 18.1 Å². The van der Waals surface area contributed by atoms with E-state index in [1.54, 1.807) is 24.3 Å². The van der Waals surface area contributed by atoms with Gasteiger partial charge in [0.05, 0.1) is 46.4 Å². The summed E-state index contributed by atoms with van der Waals surface area (Å²) in [4.78, 5) is 15.6. The zero-order valence-corrected chi connectivity index (χ0v) is 19.3. The molecule has 33 heavy (non-hydrogen) atoms. The van der Waals surface area contributed by atoms with Crippen LogP contribution >= 0.6 is 0 Å². The fourth-order valence-corrected chi connectivity index (χ4v) is 4.25. The van der Waals surface area contributed by atoms with Gasteiger partial charge in [-0.3, -0.25) is 14.8 Å². The summed E-state index contributed by atoms with van der Waals surface area (Å²) in [6, 6.07) is 13.4. The Morgan fingerprint density at radius 1 is 1.03 bits per heavy atom. The monoisotopic (exact) mass is 466 g/mol. The first kappa shape index (κ1) is 22.3. The predicted octanol–water partition coefficient (Wildman–Crippen LogP) is 5.04. The molecule has 170 valence electrons. The Labute approximate surface area is 190 Å². The number of hydrogen-bond donors (Lipinski definition) is 2. The van der Waals surface area contributed by atoms with Gasteiger partial charge in [0.15, 0.2) is 0 Å². The molecule has 10 heteroatoms. The summed E-state index contributed by atoms with van der Waals surface area (Å²) in [7, 11) is -1.95. The minimum absolute atomic E-state index is 0.0422. The van der Waals surface area contributed by atoms with Gasteiger partial charge in [0.1, 0.15) is 5.75 Å². The van der Waals surface area contributed by atoms with Crippen LogP contribution in [0.4, 0.5) is 22.7 Å².